The largest absolute Gasteiger partial charge is 0.493 e. The van der Waals surface area contributed by atoms with Crippen molar-refractivity contribution in [2.24, 2.45) is 0 Å². The summed E-state index contributed by atoms with van der Waals surface area (Å²) >= 11 is 6.04. The molecule has 1 heterocycles. The zero-order valence-electron chi connectivity index (χ0n) is 14.5. The van der Waals surface area contributed by atoms with E-state index in [0.717, 1.165) is 13.1 Å². The molecule has 6 nitrogen and oxygen atoms in total. The third-order valence-electron chi connectivity index (χ3n) is 4.03. The molecule has 134 valence electrons. The van der Waals surface area contributed by atoms with Gasteiger partial charge in [0.05, 0.1) is 35.6 Å². The number of hydrogen-bond donors (Lipinski definition) is 2. The van der Waals surface area contributed by atoms with Gasteiger partial charge >= 0.3 is 0 Å². The first-order valence-corrected chi connectivity index (χ1v) is 8.65. The van der Waals surface area contributed by atoms with Crippen LogP contribution in [0.2, 0.25) is 5.02 Å². The molecule has 0 aromatic heterocycles. The van der Waals surface area contributed by atoms with Crippen molar-refractivity contribution in [3.8, 4) is 5.75 Å². The Bertz CT molecular complexity index is 580. The number of anilines is 1. The first kappa shape index (κ1) is 18.8. The van der Waals surface area contributed by atoms with Crippen LogP contribution in [0.4, 0.5) is 5.69 Å². The molecule has 1 aliphatic rings. The van der Waals surface area contributed by atoms with Gasteiger partial charge in [-0.25, -0.2) is 0 Å². The number of carbonyl (C=O) groups excluding carboxylic acids is 1. The number of halogens is 1. The molecule has 1 aliphatic heterocycles. The quantitative estimate of drug-likeness (QED) is 0.765. The van der Waals surface area contributed by atoms with E-state index >= 15 is 0 Å². The van der Waals surface area contributed by atoms with E-state index in [9.17, 15) is 4.79 Å². The molecule has 7 heteroatoms. The van der Waals surface area contributed by atoms with E-state index in [4.69, 9.17) is 26.8 Å². The second-order valence-electron chi connectivity index (χ2n) is 6.09. The lowest BCUT2D eigenvalue weighted by Gasteiger charge is -2.35. The fourth-order valence-corrected chi connectivity index (χ4v) is 2.82. The summed E-state index contributed by atoms with van der Waals surface area (Å²) in [5.41, 5.74) is 6.56. The van der Waals surface area contributed by atoms with Crippen molar-refractivity contribution in [3.05, 3.63) is 22.7 Å². The van der Waals surface area contributed by atoms with Gasteiger partial charge in [0.2, 0.25) is 0 Å². The normalized spacial score (nSPS) is 18.6. The predicted octanol–water partition coefficient (Wildman–Crippen LogP) is 2.16. The van der Waals surface area contributed by atoms with Crippen molar-refractivity contribution in [1.82, 2.24) is 10.2 Å². The number of ether oxygens (including phenoxy) is 2. The molecule has 1 unspecified atom stereocenters. The number of rotatable bonds is 6. The molecule has 0 aliphatic carbocycles. The van der Waals surface area contributed by atoms with Gasteiger partial charge in [0.15, 0.2) is 0 Å². The second-order valence-corrected chi connectivity index (χ2v) is 6.50. The number of amides is 1. The van der Waals surface area contributed by atoms with Gasteiger partial charge in [0.25, 0.3) is 5.91 Å². The fourth-order valence-electron chi connectivity index (χ4n) is 2.66. The zero-order chi connectivity index (χ0) is 17.7. The Morgan fingerprint density at radius 1 is 1.54 bits per heavy atom. The zero-order valence-corrected chi connectivity index (χ0v) is 15.2. The monoisotopic (exact) mass is 355 g/mol. The topological polar surface area (TPSA) is 76.8 Å². The van der Waals surface area contributed by atoms with Crippen molar-refractivity contribution in [3.63, 3.8) is 0 Å². The molecule has 1 atom stereocenters. The minimum Gasteiger partial charge on any atom is -0.493 e. The third-order valence-corrected chi connectivity index (χ3v) is 4.36. The van der Waals surface area contributed by atoms with Gasteiger partial charge in [-0.1, -0.05) is 11.6 Å². The number of nitrogens with zero attached hydrogens (tertiary/aromatic N) is 1. The lowest BCUT2D eigenvalue weighted by molar-refractivity contribution is -0.0364. The molecule has 0 spiro atoms. The molecule has 3 N–H and O–H groups in total. The Morgan fingerprint density at radius 2 is 2.29 bits per heavy atom. The standard InChI is InChI=1S/C17H26ClN3O3/c1-4-23-16-8-15(19)14(18)7-13(16)17(22)20-9-12-10-21(11(2)3)5-6-24-12/h7-8,11-12H,4-6,9-10,19H2,1-3H3,(H,20,22). The summed E-state index contributed by atoms with van der Waals surface area (Å²) in [5.74, 6) is 0.191. The van der Waals surface area contributed by atoms with E-state index in [1.54, 1.807) is 12.1 Å². The van der Waals surface area contributed by atoms with E-state index in [1.165, 1.54) is 0 Å². The second kappa shape index (κ2) is 8.55. The predicted molar refractivity (Wildman–Crippen MR) is 95.8 cm³/mol. The van der Waals surface area contributed by atoms with Crippen molar-refractivity contribution in [1.29, 1.82) is 0 Å². The van der Waals surface area contributed by atoms with Crippen LogP contribution in [0.1, 0.15) is 31.1 Å². The van der Waals surface area contributed by atoms with Crippen LogP contribution < -0.4 is 15.8 Å². The molecule has 0 bridgehead atoms. The average Bonchev–Trinajstić information content (AvgIpc) is 2.56. The van der Waals surface area contributed by atoms with Gasteiger partial charge in [0, 0.05) is 31.7 Å². The molecular formula is C17H26ClN3O3. The summed E-state index contributed by atoms with van der Waals surface area (Å²) in [5, 5.41) is 3.24. The summed E-state index contributed by atoms with van der Waals surface area (Å²) in [6.07, 6.45) is -0.0232. The van der Waals surface area contributed by atoms with Crippen LogP contribution in [0, 0.1) is 0 Å². The minimum atomic E-state index is -0.245. The van der Waals surface area contributed by atoms with Crippen LogP contribution in [0.5, 0.6) is 5.75 Å². The van der Waals surface area contributed by atoms with E-state index < -0.39 is 0 Å². The van der Waals surface area contributed by atoms with Crippen LogP contribution in [0.3, 0.4) is 0 Å². The van der Waals surface area contributed by atoms with Crippen LogP contribution >= 0.6 is 11.6 Å². The van der Waals surface area contributed by atoms with Gasteiger partial charge in [0.1, 0.15) is 5.75 Å². The number of nitrogens with two attached hydrogens (primary N) is 1. The Kier molecular flexibility index (Phi) is 6.71. The van der Waals surface area contributed by atoms with Crippen LogP contribution in [-0.4, -0.2) is 55.8 Å². The van der Waals surface area contributed by atoms with Gasteiger partial charge in [-0.05, 0) is 26.8 Å². The van der Waals surface area contributed by atoms with Crippen molar-refractivity contribution in [2.45, 2.75) is 32.9 Å². The molecule has 1 fully saturated rings. The number of nitrogen functional groups attached to an aromatic ring is 1. The maximum absolute atomic E-state index is 12.5. The number of hydrogen-bond acceptors (Lipinski definition) is 5. The lowest BCUT2D eigenvalue weighted by Crippen LogP contribution is -2.49. The van der Waals surface area contributed by atoms with Crippen LogP contribution in [-0.2, 0) is 4.74 Å². The summed E-state index contributed by atoms with van der Waals surface area (Å²) < 4.78 is 11.2. The highest BCUT2D eigenvalue weighted by Crippen LogP contribution is 2.29. The van der Waals surface area contributed by atoms with Crippen LogP contribution in [0.25, 0.3) is 0 Å². The first-order chi connectivity index (χ1) is 11.4. The summed E-state index contributed by atoms with van der Waals surface area (Å²) in [4.78, 5) is 14.8. The van der Waals surface area contributed by atoms with Gasteiger partial charge in [-0.2, -0.15) is 0 Å². The molecule has 1 aromatic carbocycles. The highest BCUT2D eigenvalue weighted by Gasteiger charge is 2.23. The van der Waals surface area contributed by atoms with Gasteiger partial charge in [-0.15, -0.1) is 0 Å². The van der Waals surface area contributed by atoms with E-state index in [1.807, 2.05) is 6.92 Å². The molecule has 2 rings (SSSR count). The SMILES string of the molecule is CCOc1cc(N)c(Cl)cc1C(=O)NCC1CN(C(C)C)CCO1. The molecule has 24 heavy (non-hydrogen) atoms. The maximum Gasteiger partial charge on any atom is 0.255 e. The van der Waals surface area contributed by atoms with E-state index in [0.29, 0.717) is 47.8 Å². The van der Waals surface area contributed by atoms with Crippen molar-refractivity contribution in [2.75, 3.05) is 38.6 Å². The van der Waals surface area contributed by atoms with Gasteiger partial charge in [-0.3, -0.25) is 9.69 Å². The summed E-state index contributed by atoms with van der Waals surface area (Å²) in [7, 11) is 0. The van der Waals surface area contributed by atoms with E-state index in [2.05, 4.69) is 24.1 Å². The Hall–Kier alpha value is -1.50. The minimum absolute atomic E-state index is 0.0232. The number of morpholine rings is 1. The van der Waals surface area contributed by atoms with Crippen LogP contribution in [0.15, 0.2) is 12.1 Å². The molecule has 0 saturated carbocycles. The highest BCUT2D eigenvalue weighted by atomic mass is 35.5. The lowest BCUT2D eigenvalue weighted by atomic mass is 10.1. The van der Waals surface area contributed by atoms with E-state index in [-0.39, 0.29) is 12.0 Å². The smallest absolute Gasteiger partial charge is 0.255 e. The third kappa shape index (κ3) is 4.75. The average molecular weight is 356 g/mol. The Morgan fingerprint density at radius 3 is 2.96 bits per heavy atom. The Balaban J connectivity index is 2.01. The Labute approximate surface area is 148 Å². The van der Waals surface area contributed by atoms with Crippen molar-refractivity contribution < 1.29 is 14.3 Å². The molecule has 0 radical (unpaired) electrons. The summed E-state index contributed by atoms with van der Waals surface area (Å²) in [6, 6.07) is 3.59. The molecule has 1 aromatic rings. The molecule has 1 amide bonds. The number of carbonyl (C=O) groups is 1. The fraction of sp³-hybridized carbons (Fsp3) is 0.588. The summed E-state index contributed by atoms with van der Waals surface area (Å²) in [6.45, 7) is 9.45. The number of benzene rings is 1. The first-order valence-electron chi connectivity index (χ1n) is 8.28. The van der Waals surface area contributed by atoms with Gasteiger partial charge < -0.3 is 20.5 Å². The maximum atomic E-state index is 12.5. The highest BCUT2D eigenvalue weighted by molar-refractivity contribution is 6.33. The molecule has 1 saturated heterocycles. The van der Waals surface area contributed by atoms with Crippen molar-refractivity contribution >= 4 is 23.2 Å². The number of nitrogens with one attached hydrogen (secondary N) is 1. The molecular weight excluding hydrogens is 330 g/mol.